The Hall–Kier alpha value is -3.91. The van der Waals surface area contributed by atoms with Crippen LogP contribution in [0.1, 0.15) is 33.5 Å². The van der Waals surface area contributed by atoms with Crippen LogP contribution in [0, 0.1) is 17.7 Å². The minimum atomic E-state index is -0.218. The Kier molecular flexibility index (Phi) is 6.84. The molecule has 0 aliphatic carbocycles. The van der Waals surface area contributed by atoms with E-state index in [1.54, 1.807) is 42.6 Å². The molecule has 2 aromatic carbocycles. The number of hydrogen-bond donors (Lipinski definition) is 5. The highest BCUT2D eigenvalue weighted by Crippen LogP contribution is 2.27. The fourth-order valence-corrected chi connectivity index (χ4v) is 2.99. The van der Waals surface area contributed by atoms with E-state index in [-0.39, 0.29) is 31.5 Å². The molecule has 0 aliphatic heterocycles. The molecule has 0 saturated carbocycles. The number of nitrogens with two attached hydrogens (primary N) is 2. The number of nitrogens with zero attached hydrogens (tertiary/aromatic N) is 1. The minimum absolute atomic E-state index is 0.00502. The van der Waals surface area contributed by atoms with Crippen LogP contribution in [0.2, 0.25) is 0 Å². The summed E-state index contributed by atoms with van der Waals surface area (Å²) in [5.74, 6) is 1.14. The molecule has 8 nitrogen and oxygen atoms in total. The summed E-state index contributed by atoms with van der Waals surface area (Å²) in [6.07, 6.45) is 1.67. The molecule has 3 aromatic rings. The number of aromatic nitrogens is 1. The summed E-state index contributed by atoms with van der Waals surface area (Å²) in [6, 6.07) is 14.1. The standard InChI is InChI=1S/C23H25N5O3/c1-14-21(31-12-15-2-4-16(5-3-15)22(24)25)20(11-29)18(10-28-14)13-30-19-8-6-17(7-9-19)23(26)27/h2-10,29H,11-13H2,1H3,(H3,24,25)(H3,26,27). The van der Waals surface area contributed by atoms with Crippen molar-refractivity contribution in [2.24, 2.45) is 11.5 Å². The van der Waals surface area contributed by atoms with Gasteiger partial charge in [-0.3, -0.25) is 15.8 Å². The van der Waals surface area contributed by atoms with E-state index >= 15 is 0 Å². The van der Waals surface area contributed by atoms with Crippen molar-refractivity contribution in [3.63, 3.8) is 0 Å². The predicted molar refractivity (Wildman–Crippen MR) is 118 cm³/mol. The van der Waals surface area contributed by atoms with Gasteiger partial charge >= 0.3 is 0 Å². The minimum Gasteiger partial charge on any atom is -0.489 e. The number of hydrogen-bond acceptors (Lipinski definition) is 6. The van der Waals surface area contributed by atoms with E-state index in [9.17, 15) is 5.11 Å². The molecule has 31 heavy (non-hydrogen) atoms. The first-order valence-electron chi connectivity index (χ1n) is 9.60. The van der Waals surface area contributed by atoms with Crippen LogP contribution in [-0.2, 0) is 19.8 Å². The zero-order valence-corrected chi connectivity index (χ0v) is 17.2. The fraction of sp³-hybridized carbons (Fsp3) is 0.174. The van der Waals surface area contributed by atoms with Crippen molar-refractivity contribution in [3.8, 4) is 11.5 Å². The van der Waals surface area contributed by atoms with Gasteiger partial charge in [-0.2, -0.15) is 0 Å². The number of nitrogens with one attached hydrogen (secondary N) is 2. The summed E-state index contributed by atoms with van der Waals surface area (Å²) in [6.45, 7) is 2.08. The van der Waals surface area contributed by atoms with Crippen molar-refractivity contribution in [1.82, 2.24) is 4.98 Å². The molecule has 0 atom stereocenters. The highest BCUT2D eigenvalue weighted by Gasteiger charge is 2.14. The second-order valence-electron chi connectivity index (χ2n) is 6.96. The van der Waals surface area contributed by atoms with Gasteiger partial charge in [-0.15, -0.1) is 0 Å². The number of aliphatic hydroxyl groups is 1. The van der Waals surface area contributed by atoms with Crippen LogP contribution in [-0.4, -0.2) is 21.8 Å². The molecule has 0 aliphatic rings. The lowest BCUT2D eigenvalue weighted by atomic mass is 10.1. The molecule has 0 spiro atoms. The van der Waals surface area contributed by atoms with Crippen LogP contribution in [0.3, 0.4) is 0 Å². The maximum atomic E-state index is 9.97. The monoisotopic (exact) mass is 419 g/mol. The molecular weight excluding hydrogens is 394 g/mol. The van der Waals surface area contributed by atoms with Crippen LogP contribution in [0.5, 0.6) is 11.5 Å². The molecule has 7 N–H and O–H groups in total. The molecule has 0 unspecified atom stereocenters. The highest BCUT2D eigenvalue weighted by molar-refractivity contribution is 5.95. The summed E-state index contributed by atoms with van der Waals surface area (Å²) in [5, 5.41) is 24.9. The summed E-state index contributed by atoms with van der Waals surface area (Å²) in [7, 11) is 0. The van der Waals surface area contributed by atoms with Gasteiger partial charge in [0.15, 0.2) is 0 Å². The van der Waals surface area contributed by atoms with Gasteiger partial charge in [0.2, 0.25) is 0 Å². The van der Waals surface area contributed by atoms with Crippen LogP contribution in [0.4, 0.5) is 0 Å². The molecule has 0 amide bonds. The Morgan fingerprint density at radius 3 is 2.03 bits per heavy atom. The molecule has 3 rings (SSSR count). The number of aliphatic hydroxyl groups excluding tert-OH is 1. The van der Waals surface area contributed by atoms with E-state index in [2.05, 4.69) is 4.98 Å². The van der Waals surface area contributed by atoms with Crippen molar-refractivity contribution >= 4 is 11.7 Å². The van der Waals surface area contributed by atoms with E-state index in [4.69, 9.17) is 31.8 Å². The molecule has 1 heterocycles. The fourth-order valence-electron chi connectivity index (χ4n) is 2.99. The van der Waals surface area contributed by atoms with Crippen molar-refractivity contribution in [1.29, 1.82) is 10.8 Å². The third-order valence-electron chi connectivity index (χ3n) is 4.77. The number of nitrogen functional groups attached to an aromatic ring is 2. The van der Waals surface area contributed by atoms with Gasteiger partial charge in [0.25, 0.3) is 0 Å². The molecule has 8 heteroatoms. The Bertz CT molecular complexity index is 1080. The number of pyridine rings is 1. The number of benzene rings is 2. The zero-order valence-electron chi connectivity index (χ0n) is 17.2. The molecule has 160 valence electrons. The predicted octanol–water partition coefficient (Wildman–Crippen LogP) is 2.61. The summed E-state index contributed by atoms with van der Waals surface area (Å²) in [4.78, 5) is 4.38. The second-order valence-corrected chi connectivity index (χ2v) is 6.96. The molecule has 0 saturated heterocycles. The van der Waals surface area contributed by atoms with Crippen LogP contribution < -0.4 is 20.9 Å². The van der Waals surface area contributed by atoms with Gasteiger partial charge in [0.05, 0.1) is 12.3 Å². The van der Waals surface area contributed by atoms with E-state index in [0.29, 0.717) is 39.4 Å². The first-order chi connectivity index (χ1) is 14.9. The SMILES string of the molecule is Cc1ncc(COc2ccc(C(=N)N)cc2)c(CO)c1OCc1ccc(C(=N)N)cc1. The Labute approximate surface area is 180 Å². The van der Waals surface area contributed by atoms with Gasteiger partial charge in [0, 0.05) is 28.5 Å². The average Bonchev–Trinajstić information content (AvgIpc) is 2.77. The summed E-state index contributed by atoms with van der Waals surface area (Å²) in [5.41, 5.74) is 15.1. The molecule has 1 aromatic heterocycles. The van der Waals surface area contributed by atoms with Crippen LogP contribution in [0.15, 0.2) is 54.7 Å². The lowest BCUT2D eigenvalue weighted by molar-refractivity contribution is 0.247. The van der Waals surface area contributed by atoms with Gasteiger partial charge in [0.1, 0.15) is 36.4 Å². The Balaban J connectivity index is 1.73. The van der Waals surface area contributed by atoms with E-state index in [1.165, 1.54) is 0 Å². The second kappa shape index (κ2) is 9.73. The third kappa shape index (κ3) is 5.37. The van der Waals surface area contributed by atoms with Gasteiger partial charge in [-0.25, -0.2) is 0 Å². The van der Waals surface area contributed by atoms with Crippen LogP contribution >= 0.6 is 0 Å². The molecular formula is C23H25N5O3. The topological polar surface area (TPSA) is 151 Å². The van der Waals surface area contributed by atoms with E-state index in [1.807, 2.05) is 19.1 Å². The summed E-state index contributed by atoms with van der Waals surface area (Å²) < 4.78 is 11.8. The van der Waals surface area contributed by atoms with Crippen molar-refractivity contribution in [2.75, 3.05) is 0 Å². The molecule has 0 radical (unpaired) electrons. The normalized spacial score (nSPS) is 10.5. The third-order valence-corrected chi connectivity index (χ3v) is 4.77. The largest absolute Gasteiger partial charge is 0.489 e. The van der Waals surface area contributed by atoms with Crippen molar-refractivity contribution in [3.05, 3.63) is 88.2 Å². The van der Waals surface area contributed by atoms with E-state index < -0.39 is 0 Å². The molecule has 0 bridgehead atoms. The van der Waals surface area contributed by atoms with Gasteiger partial charge in [-0.1, -0.05) is 24.3 Å². The highest BCUT2D eigenvalue weighted by atomic mass is 16.5. The van der Waals surface area contributed by atoms with Gasteiger partial charge in [-0.05, 0) is 36.8 Å². The Morgan fingerprint density at radius 1 is 0.903 bits per heavy atom. The number of rotatable bonds is 9. The lowest BCUT2D eigenvalue weighted by Crippen LogP contribution is -2.11. The number of aryl methyl sites for hydroxylation is 1. The quantitative estimate of drug-likeness (QED) is 0.266. The van der Waals surface area contributed by atoms with Crippen LogP contribution in [0.25, 0.3) is 0 Å². The molecule has 0 fully saturated rings. The maximum Gasteiger partial charge on any atom is 0.146 e. The number of ether oxygens (including phenoxy) is 2. The van der Waals surface area contributed by atoms with E-state index in [0.717, 1.165) is 5.56 Å². The smallest absolute Gasteiger partial charge is 0.146 e. The maximum absolute atomic E-state index is 9.97. The number of amidine groups is 2. The lowest BCUT2D eigenvalue weighted by Gasteiger charge is -2.17. The summed E-state index contributed by atoms with van der Waals surface area (Å²) >= 11 is 0. The Morgan fingerprint density at radius 2 is 1.48 bits per heavy atom. The van der Waals surface area contributed by atoms with Gasteiger partial charge < -0.3 is 26.0 Å². The van der Waals surface area contributed by atoms with Crippen molar-refractivity contribution in [2.45, 2.75) is 26.7 Å². The zero-order chi connectivity index (χ0) is 22.4. The average molecular weight is 419 g/mol. The first-order valence-corrected chi connectivity index (χ1v) is 9.60. The first kappa shape index (κ1) is 21.8. The van der Waals surface area contributed by atoms with Crippen molar-refractivity contribution < 1.29 is 14.6 Å².